The molecule has 0 saturated carbocycles. The molecule has 0 unspecified atom stereocenters. The number of nitrogens with zero attached hydrogens (tertiary/aromatic N) is 3. The third kappa shape index (κ3) is 1.51. The van der Waals surface area contributed by atoms with Crippen LogP contribution in [-0.2, 0) is 0 Å². The highest BCUT2D eigenvalue weighted by atomic mass is 15.2. The number of nitrogens with two attached hydrogens (primary N) is 1. The first-order chi connectivity index (χ1) is 7.45. The molecule has 0 aliphatic carbocycles. The van der Waals surface area contributed by atoms with Gasteiger partial charge >= 0.3 is 0 Å². The van der Waals surface area contributed by atoms with Gasteiger partial charge in [0.2, 0.25) is 0 Å². The lowest BCUT2D eigenvalue weighted by atomic mass is 9.99. The van der Waals surface area contributed by atoms with E-state index in [9.17, 15) is 0 Å². The summed E-state index contributed by atoms with van der Waals surface area (Å²) in [5, 5.41) is 10.9. The molecule has 0 aromatic carbocycles. The van der Waals surface area contributed by atoms with E-state index in [1.165, 1.54) is 19.4 Å². The standard InChI is InChI=1S/C11H14N4/c1-2-7-15-10(5-1)13-14-11(15)9-4-3-6-12-8-9/h1-2,5,7,9,12H,3-4,6,8H2/p+1/t9-/m1/s1. The van der Waals surface area contributed by atoms with E-state index >= 15 is 0 Å². The van der Waals surface area contributed by atoms with Crippen LogP contribution in [0.4, 0.5) is 0 Å². The van der Waals surface area contributed by atoms with Gasteiger partial charge in [-0.1, -0.05) is 6.07 Å². The molecule has 0 radical (unpaired) electrons. The Bertz CT molecular complexity index is 456. The van der Waals surface area contributed by atoms with Crippen molar-refractivity contribution >= 4 is 5.65 Å². The second-order valence-electron chi connectivity index (χ2n) is 4.14. The summed E-state index contributed by atoms with van der Waals surface area (Å²) in [7, 11) is 0. The fourth-order valence-corrected chi connectivity index (χ4v) is 2.32. The summed E-state index contributed by atoms with van der Waals surface area (Å²) in [5.41, 5.74) is 0.957. The van der Waals surface area contributed by atoms with Crippen LogP contribution in [0.3, 0.4) is 0 Å². The molecule has 1 aliphatic heterocycles. The van der Waals surface area contributed by atoms with Crippen LogP contribution in [-0.4, -0.2) is 27.7 Å². The third-order valence-electron chi connectivity index (χ3n) is 3.12. The van der Waals surface area contributed by atoms with Crippen LogP contribution in [0.5, 0.6) is 0 Å². The van der Waals surface area contributed by atoms with E-state index in [1.54, 1.807) is 0 Å². The van der Waals surface area contributed by atoms with Crippen molar-refractivity contribution in [2.45, 2.75) is 18.8 Å². The molecule has 2 N–H and O–H groups in total. The molecular formula is C11H15N4+. The molecule has 1 fully saturated rings. The van der Waals surface area contributed by atoms with Gasteiger partial charge in [-0.25, -0.2) is 0 Å². The van der Waals surface area contributed by atoms with Crippen molar-refractivity contribution in [3.8, 4) is 0 Å². The number of hydrogen-bond acceptors (Lipinski definition) is 2. The molecule has 78 valence electrons. The normalized spacial score (nSPS) is 22.0. The molecule has 4 nitrogen and oxygen atoms in total. The van der Waals surface area contributed by atoms with Crippen molar-refractivity contribution in [1.29, 1.82) is 0 Å². The van der Waals surface area contributed by atoms with E-state index in [2.05, 4.69) is 26.1 Å². The Morgan fingerprint density at radius 3 is 3.20 bits per heavy atom. The summed E-state index contributed by atoms with van der Waals surface area (Å²) in [6, 6.07) is 6.04. The lowest BCUT2D eigenvalue weighted by Crippen LogP contribution is -2.86. The molecule has 2 aromatic rings. The minimum atomic E-state index is 0.566. The number of rotatable bonds is 1. The maximum absolute atomic E-state index is 4.31. The first-order valence-electron chi connectivity index (χ1n) is 5.56. The summed E-state index contributed by atoms with van der Waals surface area (Å²) < 4.78 is 2.11. The van der Waals surface area contributed by atoms with Gasteiger partial charge in [-0.15, -0.1) is 10.2 Å². The van der Waals surface area contributed by atoms with Gasteiger partial charge in [0.1, 0.15) is 5.82 Å². The SMILES string of the molecule is c1ccn2c([C@@H]3CCC[NH2+]C3)nnc2c1. The van der Waals surface area contributed by atoms with Crippen molar-refractivity contribution in [3.05, 3.63) is 30.2 Å². The molecule has 3 rings (SSSR count). The molecule has 0 amide bonds. The van der Waals surface area contributed by atoms with Crippen molar-refractivity contribution in [3.63, 3.8) is 0 Å². The summed E-state index contributed by atoms with van der Waals surface area (Å²) in [4.78, 5) is 0. The molecular weight excluding hydrogens is 188 g/mol. The number of piperidine rings is 1. The summed E-state index contributed by atoms with van der Waals surface area (Å²) >= 11 is 0. The largest absolute Gasteiger partial charge is 0.346 e. The fourth-order valence-electron chi connectivity index (χ4n) is 2.32. The van der Waals surface area contributed by atoms with E-state index in [0.717, 1.165) is 18.0 Å². The van der Waals surface area contributed by atoms with Gasteiger partial charge in [-0.05, 0) is 25.0 Å². The van der Waals surface area contributed by atoms with Crippen LogP contribution >= 0.6 is 0 Å². The maximum atomic E-state index is 4.31. The quantitative estimate of drug-likeness (QED) is 0.718. The van der Waals surface area contributed by atoms with Gasteiger partial charge in [-0.2, -0.15) is 0 Å². The Kier molecular flexibility index (Phi) is 2.14. The Hall–Kier alpha value is -1.42. The zero-order valence-corrected chi connectivity index (χ0v) is 8.63. The minimum absolute atomic E-state index is 0.566. The van der Waals surface area contributed by atoms with Crippen LogP contribution in [0.15, 0.2) is 24.4 Å². The second kappa shape index (κ2) is 3.62. The lowest BCUT2D eigenvalue weighted by molar-refractivity contribution is -0.665. The Labute approximate surface area is 88.3 Å². The average Bonchev–Trinajstić information content (AvgIpc) is 2.74. The maximum Gasteiger partial charge on any atom is 0.160 e. The third-order valence-corrected chi connectivity index (χ3v) is 3.12. The predicted molar refractivity (Wildman–Crippen MR) is 56.6 cm³/mol. The summed E-state index contributed by atoms with van der Waals surface area (Å²) in [6.45, 7) is 2.41. The Balaban J connectivity index is 2.02. The molecule has 0 bridgehead atoms. The fraction of sp³-hybridized carbons (Fsp3) is 0.455. The van der Waals surface area contributed by atoms with E-state index < -0.39 is 0 Å². The van der Waals surface area contributed by atoms with Crippen LogP contribution in [0.1, 0.15) is 24.6 Å². The van der Waals surface area contributed by atoms with Crippen LogP contribution in [0, 0.1) is 0 Å². The van der Waals surface area contributed by atoms with Gasteiger partial charge < -0.3 is 5.32 Å². The highest BCUT2D eigenvalue weighted by molar-refractivity contribution is 5.37. The number of hydrogen-bond donors (Lipinski definition) is 1. The lowest BCUT2D eigenvalue weighted by Gasteiger charge is -2.18. The molecule has 3 heterocycles. The molecule has 1 atom stereocenters. The predicted octanol–water partition coefficient (Wildman–Crippen LogP) is 0.170. The number of fused-ring (bicyclic) bond motifs is 1. The van der Waals surface area contributed by atoms with E-state index in [0.29, 0.717) is 5.92 Å². The minimum Gasteiger partial charge on any atom is -0.346 e. The van der Waals surface area contributed by atoms with Crippen LogP contribution in [0.2, 0.25) is 0 Å². The topological polar surface area (TPSA) is 46.8 Å². The average molecular weight is 203 g/mol. The molecule has 1 saturated heterocycles. The molecule has 1 aliphatic rings. The van der Waals surface area contributed by atoms with E-state index in [4.69, 9.17) is 0 Å². The second-order valence-corrected chi connectivity index (χ2v) is 4.14. The van der Waals surface area contributed by atoms with Crippen LogP contribution < -0.4 is 5.32 Å². The Morgan fingerprint density at radius 1 is 1.33 bits per heavy atom. The summed E-state index contributed by atoms with van der Waals surface area (Å²) in [5.74, 6) is 1.69. The highest BCUT2D eigenvalue weighted by Crippen LogP contribution is 2.19. The van der Waals surface area contributed by atoms with E-state index in [1.807, 2.05) is 18.2 Å². The van der Waals surface area contributed by atoms with Gasteiger partial charge in [-0.3, -0.25) is 4.40 Å². The Morgan fingerprint density at radius 2 is 2.33 bits per heavy atom. The van der Waals surface area contributed by atoms with Gasteiger partial charge in [0.25, 0.3) is 0 Å². The first kappa shape index (κ1) is 8.85. The van der Waals surface area contributed by atoms with Crippen molar-refractivity contribution < 1.29 is 5.32 Å². The smallest absolute Gasteiger partial charge is 0.160 e. The highest BCUT2D eigenvalue weighted by Gasteiger charge is 2.22. The van der Waals surface area contributed by atoms with Crippen molar-refractivity contribution in [2.24, 2.45) is 0 Å². The molecule has 4 heteroatoms. The summed E-state index contributed by atoms with van der Waals surface area (Å²) in [6.07, 6.45) is 4.58. The van der Waals surface area contributed by atoms with Crippen LogP contribution in [0.25, 0.3) is 5.65 Å². The van der Waals surface area contributed by atoms with Gasteiger partial charge in [0.05, 0.1) is 19.0 Å². The zero-order chi connectivity index (χ0) is 10.1. The molecule has 2 aromatic heterocycles. The molecule has 0 spiro atoms. The van der Waals surface area contributed by atoms with Gasteiger partial charge in [0.15, 0.2) is 5.65 Å². The van der Waals surface area contributed by atoms with Gasteiger partial charge in [0, 0.05) is 6.20 Å². The monoisotopic (exact) mass is 203 g/mol. The van der Waals surface area contributed by atoms with Crippen molar-refractivity contribution in [1.82, 2.24) is 14.6 Å². The number of pyridine rings is 1. The van der Waals surface area contributed by atoms with Crippen molar-refractivity contribution in [2.75, 3.05) is 13.1 Å². The number of aromatic nitrogens is 3. The number of quaternary nitrogens is 1. The zero-order valence-electron chi connectivity index (χ0n) is 8.63. The first-order valence-corrected chi connectivity index (χ1v) is 5.56. The van der Waals surface area contributed by atoms with E-state index in [-0.39, 0.29) is 0 Å². The molecule has 15 heavy (non-hydrogen) atoms.